The Balaban J connectivity index is 1.49. The second kappa shape index (κ2) is 9.14. The van der Waals surface area contributed by atoms with Crippen LogP contribution in [0.3, 0.4) is 0 Å². The van der Waals surface area contributed by atoms with Crippen molar-refractivity contribution in [3.05, 3.63) is 59.7 Å². The smallest absolute Gasteiger partial charge is 0.120 e. The summed E-state index contributed by atoms with van der Waals surface area (Å²) in [5.41, 5.74) is 3.97. The summed E-state index contributed by atoms with van der Waals surface area (Å²) in [4.78, 5) is 7.45. The van der Waals surface area contributed by atoms with Gasteiger partial charge in [0.25, 0.3) is 0 Å². The van der Waals surface area contributed by atoms with E-state index in [-0.39, 0.29) is 6.61 Å². The van der Waals surface area contributed by atoms with Crippen molar-refractivity contribution in [2.45, 2.75) is 16.2 Å². The predicted octanol–water partition coefficient (Wildman–Crippen LogP) is 3.59. The van der Waals surface area contributed by atoms with E-state index in [0.29, 0.717) is 0 Å². The van der Waals surface area contributed by atoms with Crippen LogP contribution >= 0.6 is 11.8 Å². The fourth-order valence-electron chi connectivity index (χ4n) is 3.97. The molecule has 0 amide bonds. The molecule has 2 heterocycles. The topological polar surface area (TPSA) is 35.9 Å². The third-order valence-corrected chi connectivity index (χ3v) is 6.68. The van der Waals surface area contributed by atoms with Crippen LogP contribution in [0.15, 0.2) is 58.3 Å². The maximum Gasteiger partial charge on any atom is 0.120 e. The average Bonchev–Trinajstić information content (AvgIpc) is 2.74. The van der Waals surface area contributed by atoms with Gasteiger partial charge in [-0.1, -0.05) is 36.0 Å². The van der Waals surface area contributed by atoms with Crippen molar-refractivity contribution < 1.29 is 9.84 Å². The summed E-state index contributed by atoms with van der Waals surface area (Å²) >= 11 is 1.82. The van der Waals surface area contributed by atoms with Crippen molar-refractivity contribution in [2.24, 2.45) is 0 Å². The molecule has 0 atom stereocenters. The Morgan fingerprint density at radius 3 is 2.43 bits per heavy atom. The molecule has 0 spiro atoms. The van der Waals surface area contributed by atoms with Gasteiger partial charge in [-0.3, -0.25) is 4.90 Å². The molecule has 148 valence electrons. The summed E-state index contributed by atoms with van der Waals surface area (Å²) in [6, 6.07) is 15.1. The Labute approximate surface area is 171 Å². The third-order valence-electron chi connectivity index (χ3n) is 5.55. The first kappa shape index (κ1) is 19.5. The minimum absolute atomic E-state index is 0.258. The van der Waals surface area contributed by atoms with Gasteiger partial charge in [-0.05, 0) is 47.4 Å². The van der Waals surface area contributed by atoms with E-state index in [4.69, 9.17) is 9.84 Å². The zero-order chi connectivity index (χ0) is 19.3. The Morgan fingerprint density at radius 2 is 1.68 bits per heavy atom. The highest BCUT2D eigenvalue weighted by Gasteiger charge is 2.21. The van der Waals surface area contributed by atoms with Gasteiger partial charge >= 0.3 is 0 Å². The van der Waals surface area contributed by atoms with Crippen LogP contribution in [0.5, 0.6) is 5.75 Å². The molecule has 1 fully saturated rings. The van der Waals surface area contributed by atoms with E-state index in [1.54, 1.807) is 7.11 Å². The molecule has 2 aromatic rings. The summed E-state index contributed by atoms with van der Waals surface area (Å²) in [7, 11) is 1.72. The summed E-state index contributed by atoms with van der Waals surface area (Å²) < 4.78 is 5.43. The number of methoxy groups -OCH3 is 1. The van der Waals surface area contributed by atoms with E-state index in [2.05, 4.69) is 58.3 Å². The van der Waals surface area contributed by atoms with Gasteiger partial charge in [-0.15, -0.1) is 0 Å². The standard InChI is InChI=1S/C23H28N2O2S/c1-27-18-8-9-21-19(20-5-2-3-7-22(20)28-23(21)17-18)6-4-10-24-11-13-25(14-12-24)15-16-26/h2-3,5-9,17,26H,4,10-16H2,1H3/b19-6-. The van der Waals surface area contributed by atoms with Gasteiger partial charge < -0.3 is 14.7 Å². The van der Waals surface area contributed by atoms with E-state index in [1.807, 2.05) is 11.8 Å². The lowest BCUT2D eigenvalue weighted by atomic mass is 9.96. The number of ether oxygens (including phenoxy) is 1. The number of hydrogen-bond acceptors (Lipinski definition) is 5. The molecule has 0 radical (unpaired) electrons. The zero-order valence-electron chi connectivity index (χ0n) is 16.4. The van der Waals surface area contributed by atoms with E-state index >= 15 is 0 Å². The maximum absolute atomic E-state index is 9.09. The van der Waals surface area contributed by atoms with E-state index in [9.17, 15) is 0 Å². The Hall–Kier alpha value is -1.79. The lowest BCUT2D eigenvalue weighted by Crippen LogP contribution is -2.47. The fraction of sp³-hybridized carbons (Fsp3) is 0.391. The summed E-state index contributed by atoms with van der Waals surface area (Å²) in [5.74, 6) is 0.908. The highest BCUT2D eigenvalue weighted by Crippen LogP contribution is 2.46. The first-order valence-electron chi connectivity index (χ1n) is 10.00. The molecule has 0 unspecified atom stereocenters. The van der Waals surface area contributed by atoms with Crippen molar-refractivity contribution >= 4 is 17.3 Å². The zero-order valence-corrected chi connectivity index (χ0v) is 17.3. The van der Waals surface area contributed by atoms with Gasteiger partial charge in [0.1, 0.15) is 5.75 Å². The first-order valence-corrected chi connectivity index (χ1v) is 10.8. The van der Waals surface area contributed by atoms with Crippen LogP contribution in [0.2, 0.25) is 0 Å². The van der Waals surface area contributed by atoms with Crippen LogP contribution in [0.25, 0.3) is 5.57 Å². The molecule has 0 aromatic heterocycles. The molecule has 2 aliphatic heterocycles. The van der Waals surface area contributed by atoms with E-state index < -0.39 is 0 Å². The Kier molecular flexibility index (Phi) is 6.37. The van der Waals surface area contributed by atoms with Crippen LogP contribution in [-0.4, -0.2) is 67.9 Å². The number of aliphatic hydroxyl groups is 1. The Bertz CT molecular complexity index is 844. The highest BCUT2D eigenvalue weighted by atomic mass is 32.2. The van der Waals surface area contributed by atoms with Crippen molar-refractivity contribution in [2.75, 3.05) is 53.0 Å². The molecule has 4 rings (SSSR count). The SMILES string of the molecule is COc1ccc2c(c1)Sc1ccccc1/C2=C/CCN1CCN(CCO)CC1. The van der Waals surface area contributed by atoms with Gasteiger partial charge in [0.15, 0.2) is 0 Å². The molecule has 1 saturated heterocycles. The molecule has 4 nitrogen and oxygen atoms in total. The van der Waals surface area contributed by atoms with Crippen LogP contribution in [0.4, 0.5) is 0 Å². The quantitative estimate of drug-likeness (QED) is 0.689. The van der Waals surface area contributed by atoms with Crippen molar-refractivity contribution in [3.63, 3.8) is 0 Å². The lowest BCUT2D eigenvalue weighted by Gasteiger charge is -2.34. The molecule has 0 aliphatic carbocycles. The minimum atomic E-state index is 0.258. The summed E-state index contributed by atoms with van der Waals surface area (Å²) in [6.45, 7) is 6.42. The molecular formula is C23H28N2O2S. The molecule has 2 aromatic carbocycles. The van der Waals surface area contributed by atoms with Crippen LogP contribution in [-0.2, 0) is 0 Å². The van der Waals surface area contributed by atoms with Gasteiger partial charge in [0, 0.05) is 49.1 Å². The lowest BCUT2D eigenvalue weighted by molar-refractivity contribution is 0.114. The Morgan fingerprint density at radius 1 is 0.964 bits per heavy atom. The monoisotopic (exact) mass is 396 g/mol. The number of nitrogens with zero attached hydrogens (tertiary/aromatic N) is 2. The number of hydrogen-bond donors (Lipinski definition) is 1. The second-order valence-corrected chi connectivity index (χ2v) is 8.36. The number of β-amino-alcohol motifs (C(OH)–C–C–N with tert-alkyl or cyclic N) is 1. The number of fused-ring (bicyclic) bond motifs is 2. The molecule has 5 heteroatoms. The van der Waals surface area contributed by atoms with Gasteiger partial charge in [0.2, 0.25) is 0 Å². The second-order valence-electron chi connectivity index (χ2n) is 7.27. The van der Waals surface area contributed by atoms with Gasteiger partial charge in [0.05, 0.1) is 13.7 Å². The van der Waals surface area contributed by atoms with Crippen molar-refractivity contribution in [1.29, 1.82) is 0 Å². The number of piperazine rings is 1. The fourth-order valence-corrected chi connectivity index (χ4v) is 5.10. The minimum Gasteiger partial charge on any atom is -0.497 e. The first-order chi connectivity index (χ1) is 13.8. The van der Waals surface area contributed by atoms with Crippen LogP contribution in [0.1, 0.15) is 17.5 Å². The van der Waals surface area contributed by atoms with E-state index in [1.165, 1.54) is 26.5 Å². The largest absolute Gasteiger partial charge is 0.497 e. The highest BCUT2D eigenvalue weighted by molar-refractivity contribution is 7.99. The van der Waals surface area contributed by atoms with Crippen LogP contribution in [0, 0.1) is 0 Å². The van der Waals surface area contributed by atoms with Crippen LogP contribution < -0.4 is 4.74 Å². The molecular weight excluding hydrogens is 368 g/mol. The molecule has 1 N–H and O–H groups in total. The normalized spacial score (nSPS) is 18.7. The third kappa shape index (κ3) is 4.28. The average molecular weight is 397 g/mol. The van der Waals surface area contributed by atoms with Crippen molar-refractivity contribution in [1.82, 2.24) is 9.80 Å². The van der Waals surface area contributed by atoms with E-state index in [0.717, 1.165) is 51.4 Å². The van der Waals surface area contributed by atoms with Crippen molar-refractivity contribution in [3.8, 4) is 5.75 Å². The van der Waals surface area contributed by atoms with Gasteiger partial charge in [-0.25, -0.2) is 0 Å². The number of rotatable bonds is 6. The number of benzene rings is 2. The maximum atomic E-state index is 9.09. The molecule has 2 aliphatic rings. The predicted molar refractivity (Wildman–Crippen MR) is 115 cm³/mol. The molecule has 0 saturated carbocycles. The summed E-state index contributed by atoms with van der Waals surface area (Å²) in [5, 5.41) is 9.09. The molecule has 28 heavy (non-hydrogen) atoms. The van der Waals surface area contributed by atoms with Gasteiger partial charge in [-0.2, -0.15) is 0 Å². The summed E-state index contributed by atoms with van der Waals surface area (Å²) in [6.07, 6.45) is 3.45. The molecule has 0 bridgehead atoms. The number of aliphatic hydroxyl groups excluding tert-OH is 1.